The van der Waals surface area contributed by atoms with Gasteiger partial charge in [0.2, 0.25) is 5.75 Å². The summed E-state index contributed by atoms with van der Waals surface area (Å²) in [5.41, 5.74) is 1.06. The van der Waals surface area contributed by atoms with Crippen LogP contribution in [0.15, 0.2) is 75.9 Å². The number of fused-ring (bicyclic) bond motifs is 1. The fraction of sp³-hybridized carbons (Fsp3) is 0.265. The fourth-order valence-corrected chi connectivity index (χ4v) is 5.22. The highest BCUT2D eigenvalue weighted by atomic mass is 16.6. The van der Waals surface area contributed by atoms with E-state index in [9.17, 15) is 24.0 Å². The van der Waals surface area contributed by atoms with E-state index in [1.165, 1.54) is 17.7 Å². The summed E-state index contributed by atoms with van der Waals surface area (Å²) < 4.78 is 27.1. The maximum Gasteiger partial charge on any atom is 0.415 e. The molecule has 1 saturated heterocycles. The van der Waals surface area contributed by atoms with Crippen molar-refractivity contribution >= 4 is 35.0 Å². The van der Waals surface area contributed by atoms with Gasteiger partial charge in [0.1, 0.15) is 22.5 Å². The van der Waals surface area contributed by atoms with Crippen LogP contribution in [0.2, 0.25) is 0 Å². The Balaban J connectivity index is 1.34. The fourth-order valence-electron chi connectivity index (χ4n) is 5.22. The molecule has 11 heteroatoms. The second-order valence-corrected chi connectivity index (χ2v) is 10.7. The van der Waals surface area contributed by atoms with Crippen molar-refractivity contribution in [3.63, 3.8) is 0 Å². The summed E-state index contributed by atoms with van der Waals surface area (Å²) in [5, 5.41) is -0.195. The van der Waals surface area contributed by atoms with Gasteiger partial charge in [0.25, 0.3) is 0 Å². The first-order chi connectivity index (χ1) is 21.6. The van der Waals surface area contributed by atoms with Gasteiger partial charge in [-0.25, -0.2) is 4.79 Å². The number of carbonyl (C=O) groups excluding carboxylic acids is 4. The van der Waals surface area contributed by atoms with Crippen molar-refractivity contribution in [2.24, 2.45) is 5.92 Å². The molecule has 0 bridgehead atoms. The lowest BCUT2D eigenvalue weighted by molar-refractivity contribution is -0.135. The average Bonchev–Trinajstić information content (AvgIpc) is 2.99. The van der Waals surface area contributed by atoms with Crippen molar-refractivity contribution in [2.75, 3.05) is 13.1 Å². The molecule has 1 aliphatic heterocycles. The summed E-state index contributed by atoms with van der Waals surface area (Å²) in [6, 6.07) is 19.1. The Morgan fingerprint density at radius 1 is 0.778 bits per heavy atom. The number of hydrogen-bond acceptors (Lipinski definition) is 10. The zero-order valence-corrected chi connectivity index (χ0v) is 25.0. The number of piperidine rings is 1. The molecule has 45 heavy (non-hydrogen) atoms. The van der Waals surface area contributed by atoms with Gasteiger partial charge < -0.3 is 28.3 Å². The Morgan fingerprint density at radius 3 is 2.02 bits per heavy atom. The summed E-state index contributed by atoms with van der Waals surface area (Å²) in [7, 11) is 0. The number of carbonyl (C=O) groups is 4. The zero-order valence-electron chi connectivity index (χ0n) is 25.0. The van der Waals surface area contributed by atoms with Gasteiger partial charge >= 0.3 is 24.0 Å². The first kappa shape index (κ1) is 31.0. The number of benzene rings is 3. The van der Waals surface area contributed by atoms with Crippen molar-refractivity contribution in [3.8, 4) is 34.3 Å². The molecule has 0 atom stereocenters. The van der Waals surface area contributed by atoms with Crippen LogP contribution in [-0.4, -0.2) is 42.0 Å². The molecule has 1 aliphatic rings. The van der Waals surface area contributed by atoms with Crippen LogP contribution in [0.5, 0.6) is 23.0 Å². The van der Waals surface area contributed by atoms with E-state index in [4.69, 9.17) is 23.4 Å². The van der Waals surface area contributed by atoms with Crippen LogP contribution in [0.1, 0.15) is 39.2 Å². The number of likely N-dealkylation sites (tertiary alicyclic amines) is 1. The molecule has 1 amide bonds. The van der Waals surface area contributed by atoms with Gasteiger partial charge in [-0.1, -0.05) is 30.3 Å². The number of ether oxygens (including phenoxy) is 4. The van der Waals surface area contributed by atoms with E-state index < -0.39 is 40.9 Å². The Hall–Kier alpha value is -5.45. The summed E-state index contributed by atoms with van der Waals surface area (Å²) in [6.07, 6.45) is 2.34. The molecule has 4 aromatic rings. The van der Waals surface area contributed by atoms with E-state index in [-0.39, 0.29) is 22.5 Å². The average molecular weight is 614 g/mol. The van der Waals surface area contributed by atoms with E-state index in [2.05, 4.69) is 12.1 Å². The van der Waals surface area contributed by atoms with Gasteiger partial charge in [-0.15, -0.1) is 0 Å². The summed E-state index contributed by atoms with van der Waals surface area (Å²) in [4.78, 5) is 63.2. The highest BCUT2D eigenvalue weighted by Crippen LogP contribution is 2.44. The first-order valence-corrected chi connectivity index (χ1v) is 14.4. The van der Waals surface area contributed by atoms with Gasteiger partial charge in [-0.3, -0.25) is 19.2 Å². The highest BCUT2D eigenvalue weighted by Gasteiger charge is 2.27. The van der Waals surface area contributed by atoms with E-state index in [0.717, 1.165) is 40.0 Å². The van der Waals surface area contributed by atoms with Gasteiger partial charge in [-0.05, 0) is 55.0 Å². The number of esters is 3. The van der Waals surface area contributed by atoms with Crippen LogP contribution >= 0.6 is 0 Å². The number of amides is 1. The van der Waals surface area contributed by atoms with Crippen molar-refractivity contribution < 1.29 is 42.5 Å². The Labute approximate surface area is 258 Å². The molecule has 0 N–H and O–H groups in total. The van der Waals surface area contributed by atoms with Crippen molar-refractivity contribution in [1.82, 2.24) is 4.90 Å². The SMILES string of the molecule is CC(=O)Oc1cc2oc(-c3ccc(OC(=O)N4CCC(Cc5ccccc5)CC4)cc3)cc(=O)c2c(OC(C)=O)c1OC(C)=O. The van der Waals surface area contributed by atoms with Gasteiger partial charge in [0.05, 0.1) is 0 Å². The van der Waals surface area contributed by atoms with Crippen LogP contribution in [0.25, 0.3) is 22.3 Å². The van der Waals surface area contributed by atoms with Crippen LogP contribution in [0, 0.1) is 5.92 Å². The molecule has 0 aliphatic carbocycles. The van der Waals surface area contributed by atoms with E-state index in [1.54, 1.807) is 29.2 Å². The number of rotatable bonds is 7. The standard InChI is InChI=1S/C34H31NO10/c1-20(36)41-30-19-29-31(33(43-22(3)38)32(30)42-21(2)37)27(39)18-28(45-29)25-9-11-26(12-10-25)44-34(40)35-15-13-24(14-16-35)17-23-7-5-4-6-8-23/h4-12,18-19,24H,13-17H2,1-3H3. The molecule has 1 aromatic heterocycles. The van der Waals surface area contributed by atoms with E-state index >= 15 is 0 Å². The van der Waals surface area contributed by atoms with Crippen molar-refractivity contribution in [3.05, 3.63) is 82.5 Å². The largest absolute Gasteiger partial charge is 0.456 e. The molecule has 0 radical (unpaired) electrons. The molecule has 2 heterocycles. The molecule has 1 fully saturated rings. The number of hydrogen-bond donors (Lipinski definition) is 0. The summed E-state index contributed by atoms with van der Waals surface area (Å²) in [5.74, 6) is -2.52. The highest BCUT2D eigenvalue weighted by molar-refractivity contribution is 5.94. The van der Waals surface area contributed by atoms with E-state index in [0.29, 0.717) is 30.3 Å². The van der Waals surface area contributed by atoms with Gasteiger partial charge in [0, 0.05) is 51.6 Å². The van der Waals surface area contributed by atoms with Gasteiger partial charge in [0.15, 0.2) is 16.9 Å². The smallest absolute Gasteiger partial charge is 0.415 e. The maximum atomic E-state index is 13.3. The minimum Gasteiger partial charge on any atom is -0.456 e. The molecular weight excluding hydrogens is 582 g/mol. The minimum absolute atomic E-state index is 0.0907. The topological polar surface area (TPSA) is 139 Å². The normalized spacial score (nSPS) is 13.3. The Morgan fingerprint density at radius 2 is 1.40 bits per heavy atom. The summed E-state index contributed by atoms with van der Waals surface area (Å²) in [6.45, 7) is 4.55. The van der Waals surface area contributed by atoms with Gasteiger partial charge in [-0.2, -0.15) is 0 Å². The van der Waals surface area contributed by atoms with Crippen LogP contribution in [-0.2, 0) is 20.8 Å². The first-order valence-electron chi connectivity index (χ1n) is 14.4. The molecular formula is C34H31NO10. The predicted octanol–water partition coefficient (Wildman–Crippen LogP) is 5.69. The van der Waals surface area contributed by atoms with Crippen LogP contribution in [0.3, 0.4) is 0 Å². The maximum absolute atomic E-state index is 13.3. The molecule has 232 valence electrons. The molecule has 3 aromatic carbocycles. The predicted molar refractivity (Wildman–Crippen MR) is 162 cm³/mol. The third kappa shape index (κ3) is 7.56. The molecule has 11 nitrogen and oxygen atoms in total. The Bertz CT molecular complexity index is 1800. The summed E-state index contributed by atoms with van der Waals surface area (Å²) >= 11 is 0. The van der Waals surface area contributed by atoms with Crippen molar-refractivity contribution in [1.29, 1.82) is 0 Å². The number of nitrogens with zero attached hydrogens (tertiary/aromatic N) is 1. The molecule has 0 saturated carbocycles. The lowest BCUT2D eigenvalue weighted by Crippen LogP contribution is -2.40. The zero-order chi connectivity index (χ0) is 32.1. The molecule has 5 rings (SSSR count). The molecule has 0 spiro atoms. The van der Waals surface area contributed by atoms with E-state index in [1.807, 2.05) is 18.2 Å². The third-order valence-electron chi connectivity index (χ3n) is 7.22. The van der Waals surface area contributed by atoms with Crippen LogP contribution in [0.4, 0.5) is 4.79 Å². The second kappa shape index (κ2) is 13.5. The second-order valence-electron chi connectivity index (χ2n) is 10.7. The lowest BCUT2D eigenvalue weighted by Gasteiger charge is -2.31. The quantitative estimate of drug-likeness (QED) is 0.189. The monoisotopic (exact) mass is 613 g/mol. The van der Waals surface area contributed by atoms with Crippen LogP contribution < -0.4 is 24.4 Å². The minimum atomic E-state index is -0.810. The lowest BCUT2D eigenvalue weighted by atomic mass is 9.90. The third-order valence-corrected chi connectivity index (χ3v) is 7.22. The molecule has 0 unspecified atom stereocenters. The van der Waals surface area contributed by atoms with Crippen molar-refractivity contribution in [2.45, 2.75) is 40.0 Å². The Kier molecular flexibility index (Phi) is 9.27.